The molecule has 1 fully saturated rings. The van der Waals surface area contributed by atoms with Crippen molar-refractivity contribution in [1.82, 2.24) is 14.5 Å². The Bertz CT molecular complexity index is 1430. The van der Waals surface area contributed by atoms with Gasteiger partial charge in [-0.1, -0.05) is 12.1 Å². The summed E-state index contributed by atoms with van der Waals surface area (Å²) in [6.07, 6.45) is 2.55. The number of benzene rings is 2. The van der Waals surface area contributed by atoms with Gasteiger partial charge < -0.3 is 10.4 Å². The number of aliphatic hydroxyl groups is 1. The van der Waals surface area contributed by atoms with E-state index in [1.54, 1.807) is 31.2 Å². The monoisotopic (exact) mass is 462 g/mol. The second-order valence-electron chi connectivity index (χ2n) is 8.70. The van der Waals surface area contributed by atoms with Crippen molar-refractivity contribution in [2.24, 2.45) is 0 Å². The van der Waals surface area contributed by atoms with Gasteiger partial charge in [-0.05, 0) is 74.6 Å². The van der Waals surface area contributed by atoms with Crippen LogP contribution in [0.2, 0.25) is 0 Å². The van der Waals surface area contributed by atoms with Crippen molar-refractivity contribution in [3.05, 3.63) is 82.1 Å². The summed E-state index contributed by atoms with van der Waals surface area (Å²) in [6.45, 7) is 1.79. The Morgan fingerprint density at radius 2 is 1.76 bits per heavy atom. The number of nitrogens with one attached hydrogen (secondary N) is 1. The molecule has 4 aromatic rings. The zero-order valence-corrected chi connectivity index (χ0v) is 18.6. The quantitative estimate of drug-likeness (QED) is 0.458. The third-order valence-electron chi connectivity index (χ3n) is 6.32. The second kappa shape index (κ2) is 8.95. The Hall–Kier alpha value is -3.65. The fourth-order valence-electron chi connectivity index (χ4n) is 4.55. The number of hydrogen-bond donors (Lipinski definition) is 2. The predicted molar refractivity (Wildman–Crippen MR) is 127 cm³/mol. The van der Waals surface area contributed by atoms with Crippen LogP contribution in [0.1, 0.15) is 31.2 Å². The Balaban J connectivity index is 1.75. The lowest BCUT2D eigenvalue weighted by Gasteiger charge is -2.26. The molecule has 2 heterocycles. The molecular formula is C26H24F2N4O2. The van der Waals surface area contributed by atoms with Crippen molar-refractivity contribution >= 4 is 17.0 Å². The minimum Gasteiger partial charge on any atom is -0.393 e. The molecule has 1 aliphatic rings. The molecule has 2 aromatic carbocycles. The molecule has 0 bridgehead atoms. The summed E-state index contributed by atoms with van der Waals surface area (Å²) >= 11 is 0. The van der Waals surface area contributed by atoms with Crippen LogP contribution in [0, 0.1) is 18.6 Å². The van der Waals surface area contributed by atoms with Gasteiger partial charge in [-0.15, -0.1) is 0 Å². The number of halogens is 2. The number of rotatable bonds is 4. The van der Waals surface area contributed by atoms with E-state index < -0.39 is 11.4 Å². The number of aryl methyl sites for hydroxylation is 1. The smallest absolute Gasteiger partial charge is 0.256 e. The topological polar surface area (TPSA) is 80.0 Å². The first-order chi connectivity index (χ1) is 16.4. The molecule has 174 valence electrons. The van der Waals surface area contributed by atoms with Crippen LogP contribution in [0.5, 0.6) is 0 Å². The second-order valence-corrected chi connectivity index (χ2v) is 8.70. The van der Waals surface area contributed by atoms with E-state index in [9.17, 15) is 18.7 Å². The lowest BCUT2D eigenvalue weighted by molar-refractivity contribution is 0.126. The van der Waals surface area contributed by atoms with E-state index in [-0.39, 0.29) is 29.3 Å². The van der Waals surface area contributed by atoms with Gasteiger partial charge >= 0.3 is 0 Å². The van der Waals surface area contributed by atoms with Gasteiger partial charge in [-0.3, -0.25) is 9.36 Å². The third kappa shape index (κ3) is 4.17. The summed E-state index contributed by atoms with van der Waals surface area (Å²) in [5.41, 5.74) is 1.80. The van der Waals surface area contributed by atoms with Crippen molar-refractivity contribution in [2.75, 3.05) is 5.32 Å². The van der Waals surface area contributed by atoms with Crippen LogP contribution in [0.3, 0.4) is 0 Å². The van der Waals surface area contributed by atoms with E-state index in [0.717, 1.165) is 12.8 Å². The molecule has 0 unspecified atom stereocenters. The fraction of sp³-hybridized carbons (Fsp3) is 0.269. The van der Waals surface area contributed by atoms with Gasteiger partial charge in [0.05, 0.1) is 17.5 Å². The largest absolute Gasteiger partial charge is 0.393 e. The summed E-state index contributed by atoms with van der Waals surface area (Å²) in [5.74, 6) is -0.615. The van der Waals surface area contributed by atoms with Crippen LogP contribution in [-0.4, -0.2) is 31.8 Å². The third-order valence-corrected chi connectivity index (χ3v) is 6.32. The molecule has 2 N–H and O–H groups in total. The van der Waals surface area contributed by atoms with E-state index in [0.29, 0.717) is 41.0 Å². The summed E-state index contributed by atoms with van der Waals surface area (Å²) in [6, 6.07) is 13.5. The van der Waals surface area contributed by atoms with Crippen LogP contribution in [0.4, 0.5) is 14.7 Å². The van der Waals surface area contributed by atoms with E-state index in [1.165, 1.54) is 34.9 Å². The number of hydrogen-bond acceptors (Lipinski definition) is 5. The molecule has 0 amide bonds. The molecule has 1 aliphatic carbocycles. The average molecular weight is 463 g/mol. The molecule has 34 heavy (non-hydrogen) atoms. The molecule has 5 rings (SSSR count). The average Bonchev–Trinajstić information content (AvgIpc) is 2.81. The van der Waals surface area contributed by atoms with E-state index in [2.05, 4.69) is 10.3 Å². The van der Waals surface area contributed by atoms with Crippen molar-refractivity contribution in [3.63, 3.8) is 0 Å². The lowest BCUT2D eigenvalue weighted by atomic mass is 9.93. The molecular weight excluding hydrogens is 438 g/mol. The van der Waals surface area contributed by atoms with Crippen LogP contribution in [0.25, 0.3) is 28.0 Å². The molecule has 6 nitrogen and oxygen atoms in total. The maximum atomic E-state index is 14.7. The first kappa shape index (κ1) is 22.2. The van der Waals surface area contributed by atoms with E-state index in [4.69, 9.17) is 4.98 Å². The Morgan fingerprint density at radius 1 is 1.00 bits per heavy atom. The Kier molecular flexibility index (Phi) is 5.83. The Morgan fingerprint density at radius 3 is 2.50 bits per heavy atom. The Labute approximate surface area is 194 Å². The fourth-order valence-corrected chi connectivity index (χ4v) is 4.55. The number of aliphatic hydroxyl groups excluding tert-OH is 1. The van der Waals surface area contributed by atoms with Crippen molar-refractivity contribution in [3.8, 4) is 16.9 Å². The summed E-state index contributed by atoms with van der Waals surface area (Å²) in [7, 11) is 0. The first-order valence-electron chi connectivity index (χ1n) is 11.3. The zero-order chi connectivity index (χ0) is 23.8. The molecule has 1 saturated carbocycles. The van der Waals surface area contributed by atoms with Crippen LogP contribution in [0.15, 0.2) is 59.4 Å². The molecule has 0 radical (unpaired) electrons. The van der Waals surface area contributed by atoms with E-state index >= 15 is 0 Å². The molecule has 8 heteroatoms. The van der Waals surface area contributed by atoms with Gasteiger partial charge in [-0.2, -0.15) is 4.98 Å². The number of para-hydroxylation sites is 1. The molecule has 2 aromatic heterocycles. The highest BCUT2D eigenvalue weighted by atomic mass is 19.1. The van der Waals surface area contributed by atoms with Crippen molar-refractivity contribution < 1.29 is 13.9 Å². The van der Waals surface area contributed by atoms with Crippen molar-refractivity contribution in [2.45, 2.75) is 44.8 Å². The van der Waals surface area contributed by atoms with Crippen LogP contribution < -0.4 is 10.9 Å². The molecule has 0 aliphatic heterocycles. The number of aromatic nitrogens is 3. The number of pyridine rings is 1. The maximum absolute atomic E-state index is 14.7. The SMILES string of the molecule is Cc1cc(F)ccc1-c1nc(NC2CCC(O)CC2)nc2c1ccc(=O)n2-c1ccccc1F. The minimum absolute atomic E-state index is 0.0559. The highest BCUT2D eigenvalue weighted by molar-refractivity contribution is 5.93. The number of anilines is 1. The highest BCUT2D eigenvalue weighted by Gasteiger charge is 2.22. The standard InChI is InChI=1S/C26H24F2N4O2/c1-15-14-16(27)6-11-19(15)24-20-12-13-23(34)32(22-5-3-2-4-21(22)28)25(20)31-26(30-24)29-17-7-9-18(33)10-8-17/h2-6,11-14,17-18,33H,7-10H2,1H3,(H,29,30,31). The summed E-state index contributed by atoms with van der Waals surface area (Å²) < 4.78 is 29.8. The van der Waals surface area contributed by atoms with Crippen LogP contribution in [-0.2, 0) is 0 Å². The molecule has 0 spiro atoms. The summed E-state index contributed by atoms with van der Waals surface area (Å²) in [4.78, 5) is 22.3. The molecule has 0 atom stereocenters. The summed E-state index contributed by atoms with van der Waals surface area (Å²) in [5, 5.41) is 13.7. The van der Waals surface area contributed by atoms with Gasteiger partial charge in [0.15, 0.2) is 5.65 Å². The molecule has 0 saturated heterocycles. The number of fused-ring (bicyclic) bond motifs is 1. The van der Waals surface area contributed by atoms with Gasteiger partial charge in [-0.25, -0.2) is 13.8 Å². The van der Waals surface area contributed by atoms with Gasteiger partial charge in [0.1, 0.15) is 11.6 Å². The van der Waals surface area contributed by atoms with E-state index in [1.807, 2.05) is 0 Å². The maximum Gasteiger partial charge on any atom is 0.256 e. The minimum atomic E-state index is -0.550. The highest BCUT2D eigenvalue weighted by Crippen LogP contribution is 2.31. The van der Waals surface area contributed by atoms with Crippen molar-refractivity contribution in [1.29, 1.82) is 0 Å². The predicted octanol–water partition coefficient (Wildman–Crippen LogP) is 4.75. The normalized spacial score (nSPS) is 18.2. The number of nitrogens with zero attached hydrogens (tertiary/aromatic N) is 3. The lowest BCUT2D eigenvalue weighted by Crippen LogP contribution is -2.29. The zero-order valence-electron chi connectivity index (χ0n) is 18.6. The van der Waals surface area contributed by atoms with Gasteiger partial charge in [0.25, 0.3) is 5.56 Å². The van der Waals surface area contributed by atoms with Gasteiger partial charge in [0, 0.05) is 23.1 Å². The first-order valence-corrected chi connectivity index (χ1v) is 11.3. The van der Waals surface area contributed by atoms with Gasteiger partial charge in [0.2, 0.25) is 5.95 Å². The van der Waals surface area contributed by atoms with Crippen LogP contribution >= 0.6 is 0 Å².